The van der Waals surface area contributed by atoms with Crippen molar-refractivity contribution >= 4 is 14.2 Å². The van der Waals surface area contributed by atoms with Crippen LogP contribution in [0.1, 0.15) is 73.1 Å². The topological polar surface area (TPSA) is 48.0 Å². The molecule has 0 aromatic rings. The van der Waals surface area contributed by atoms with E-state index in [-0.39, 0.29) is 41.2 Å². The van der Waals surface area contributed by atoms with Crippen molar-refractivity contribution in [2.24, 2.45) is 11.8 Å². The lowest BCUT2D eigenvalue weighted by Crippen LogP contribution is -2.60. The monoisotopic (exact) mass is 423 g/mol. The van der Waals surface area contributed by atoms with Crippen LogP contribution in [0.4, 0.5) is 0 Å². The Hall–Kier alpha value is -0.433. The number of rotatable bonds is 3. The molecule has 1 saturated carbocycles. The summed E-state index contributed by atoms with van der Waals surface area (Å²) >= 11 is 0. The van der Waals surface area contributed by atoms with E-state index in [9.17, 15) is 4.79 Å². The number of amides is 1. The number of nitrogens with zero attached hydrogens (tertiary/aromatic N) is 1. The first-order valence-electron chi connectivity index (χ1n) is 11.8. The molecule has 4 fully saturated rings. The molecule has 3 heterocycles. The first-order valence-corrected chi connectivity index (χ1v) is 14.7. The molecule has 0 bridgehead atoms. The second-order valence-corrected chi connectivity index (χ2v) is 16.5. The summed E-state index contributed by atoms with van der Waals surface area (Å²) in [5.41, 5.74) is 0. The molecule has 3 saturated heterocycles. The van der Waals surface area contributed by atoms with E-state index in [0.717, 1.165) is 19.3 Å². The molecule has 0 unspecified atom stereocenters. The second kappa shape index (κ2) is 7.32. The number of piperidine rings is 1. The van der Waals surface area contributed by atoms with Gasteiger partial charge in [0.2, 0.25) is 5.91 Å². The molecule has 0 radical (unpaired) electrons. The molecule has 4 rings (SSSR count). The van der Waals surface area contributed by atoms with Crippen LogP contribution in [0.15, 0.2) is 0 Å². The lowest BCUT2D eigenvalue weighted by atomic mass is 9.82. The van der Waals surface area contributed by atoms with Gasteiger partial charge < -0.3 is 18.8 Å². The SMILES string of the molecule is CC(C)[C@@H]1C[C@@H](O[Si](C)(C)C(C)(C)C)[C@@H]2[C@@H]3OC4(CCCCC4)O[C@@H]3CN2C1=O. The van der Waals surface area contributed by atoms with Gasteiger partial charge in [0, 0.05) is 18.8 Å². The normalized spacial score (nSPS) is 37.3. The van der Waals surface area contributed by atoms with Crippen molar-refractivity contribution in [1.82, 2.24) is 4.90 Å². The van der Waals surface area contributed by atoms with Crippen LogP contribution in [0.3, 0.4) is 0 Å². The molecular formula is C23H41NO4Si. The Morgan fingerprint density at radius 1 is 1.14 bits per heavy atom. The molecule has 29 heavy (non-hydrogen) atoms. The van der Waals surface area contributed by atoms with Gasteiger partial charge in [-0.15, -0.1) is 0 Å². The molecule has 4 aliphatic rings. The fourth-order valence-corrected chi connectivity index (χ4v) is 6.87. The van der Waals surface area contributed by atoms with E-state index in [1.807, 2.05) is 0 Å². The second-order valence-electron chi connectivity index (χ2n) is 11.7. The summed E-state index contributed by atoms with van der Waals surface area (Å²) < 4.78 is 20.2. The Balaban J connectivity index is 1.61. The van der Waals surface area contributed by atoms with Gasteiger partial charge in [-0.2, -0.15) is 0 Å². The summed E-state index contributed by atoms with van der Waals surface area (Å²) in [6, 6.07) is -0.00192. The smallest absolute Gasteiger partial charge is 0.226 e. The Kier molecular flexibility index (Phi) is 5.50. The highest BCUT2D eigenvalue weighted by Gasteiger charge is 2.62. The van der Waals surface area contributed by atoms with Crippen molar-refractivity contribution in [2.75, 3.05) is 6.54 Å². The van der Waals surface area contributed by atoms with Crippen molar-refractivity contribution in [3.63, 3.8) is 0 Å². The zero-order valence-corrected chi connectivity index (χ0v) is 20.5. The number of carbonyl (C=O) groups excluding carboxylic acids is 1. The minimum absolute atomic E-state index is 0.00141. The molecule has 0 aromatic carbocycles. The van der Waals surface area contributed by atoms with E-state index in [1.165, 1.54) is 19.3 Å². The zero-order chi connectivity index (χ0) is 21.2. The van der Waals surface area contributed by atoms with Crippen molar-refractivity contribution in [1.29, 1.82) is 0 Å². The third-order valence-electron chi connectivity index (χ3n) is 8.30. The van der Waals surface area contributed by atoms with Crippen LogP contribution in [0.2, 0.25) is 18.1 Å². The molecule has 0 aromatic heterocycles. The predicted molar refractivity (Wildman–Crippen MR) is 116 cm³/mol. The molecule has 6 heteroatoms. The van der Waals surface area contributed by atoms with Gasteiger partial charge in [0.15, 0.2) is 14.1 Å². The fourth-order valence-electron chi connectivity index (χ4n) is 5.53. The van der Waals surface area contributed by atoms with Crippen LogP contribution in [0.25, 0.3) is 0 Å². The number of hydrogen-bond donors (Lipinski definition) is 0. The predicted octanol–water partition coefficient (Wildman–Crippen LogP) is 4.71. The Bertz CT molecular complexity index is 637. The van der Waals surface area contributed by atoms with Gasteiger partial charge in [-0.3, -0.25) is 4.79 Å². The van der Waals surface area contributed by atoms with Crippen molar-refractivity contribution in [2.45, 2.75) is 121 Å². The molecule has 5 atom stereocenters. The molecule has 5 nitrogen and oxygen atoms in total. The van der Waals surface area contributed by atoms with Gasteiger partial charge in [-0.25, -0.2) is 0 Å². The first-order chi connectivity index (χ1) is 13.4. The maximum Gasteiger partial charge on any atom is 0.226 e. The molecular weight excluding hydrogens is 382 g/mol. The third-order valence-corrected chi connectivity index (χ3v) is 12.8. The third kappa shape index (κ3) is 3.72. The lowest BCUT2D eigenvalue weighted by Gasteiger charge is -2.48. The van der Waals surface area contributed by atoms with Gasteiger partial charge in [0.05, 0.1) is 18.7 Å². The zero-order valence-electron chi connectivity index (χ0n) is 19.5. The van der Waals surface area contributed by atoms with Gasteiger partial charge >= 0.3 is 0 Å². The molecule has 1 aliphatic carbocycles. The summed E-state index contributed by atoms with van der Waals surface area (Å²) in [5, 5.41) is 0.141. The summed E-state index contributed by atoms with van der Waals surface area (Å²) in [4.78, 5) is 15.4. The standard InChI is InChI=1S/C23H41NO4Si/c1-15(2)16-13-17(28-29(6,7)22(3,4)5)19-20-18(14-24(19)21(16)25)26-23(27-20)11-9-8-10-12-23/h15-20H,8-14H2,1-7H3/t16-,17+,18+,19+,20+/m0/s1. The Morgan fingerprint density at radius 2 is 1.79 bits per heavy atom. The average Bonchev–Trinajstić information content (AvgIpc) is 3.11. The highest BCUT2D eigenvalue weighted by Crippen LogP contribution is 2.49. The minimum Gasteiger partial charge on any atom is -0.412 e. The van der Waals surface area contributed by atoms with E-state index >= 15 is 0 Å². The quantitative estimate of drug-likeness (QED) is 0.617. The van der Waals surface area contributed by atoms with Crippen LogP contribution in [-0.2, 0) is 18.7 Å². The maximum absolute atomic E-state index is 13.3. The number of fused-ring (bicyclic) bond motifs is 3. The maximum atomic E-state index is 13.3. The average molecular weight is 424 g/mol. The minimum atomic E-state index is -1.96. The highest BCUT2D eigenvalue weighted by molar-refractivity contribution is 6.74. The van der Waals surface area contributed by atoms with Crippen LogP contribution < -0.4 is 0 Å². The summed E-state index contributed by atoms with van der Waals surface area (Å²) in [7, 11) is -1.96. The molecule has 0 N–H and O–H groups in total. The van der Waals surface area contributed by atoms with Gasteiger partial charge in [-0.1, -0.05) is 41.0 Å². The Labute approximate surface area is 178 Å². The van der Waals surface area contributed by atoms with Crippen LogP contribution in [0, 0.1) is 11.8 Å². The molecule has 1 amide bonds. The highest BCUT2D eigenvalue weighted by atomic mass is 28.4. The first kappa shape index (κ1) is 21.8. The van der Waals surface area contributed by atoms with E-state index in [0.29, 0.717) is 12.5 Å². The van der Waals surface area contributed by atoms with Crippen molar-refractivity contribution < 1.29 is 18.7 Å². The molecule has 3 aliphatic heterocycles. The van der Waals surface area contributed by atoms with E-state index < -0.39 is 14.1 Å². The van der Waals surface area contributed by atoms with E-state index in [2.05, 4.69) is 52.6 Å². The van der Waals surface area contributed by atoms with Crippen LogP contribution >= 0.6 is 0 Å². The Morgan fingerprint density at radius 3 is 2.38 bits per heavy atom. The van der Waals surface area contributed by atoms with Crippen molar-refractivity contribution in [3.8, 4) is 0 Å². The van der Waals surface area contributed by atoms with Crippen LogP contribution in [-0.4, -0.2) is 55.8 Å². The van der Waals surface area contributed by atoms with E-state index in [1.54, 1.807) is 0 Å². The van der Waals surface area contributed by atoms with Crippen molar-refractivity contribution in [3.05, 3.63) is 0 Å². The van der Waals surface area contributed by atoms with Gasteiger partial charge in [0.25, 0.3) is 0 Å². The van der Waals surface area contributed by atoms with Crippen LogP contribution in [0.5, 0.6) is 0 Å². The van der Waals surface area contributed by atoms with Gasteiger partial charge in [-0.05, 0) is 43.3 Å². The molecule has 1 spiro atoms. The lowest BCUT2D eigenvalue weighted by molar-refractivity contribution is -0.212. The number of carbonyl (C=O) groups is 1. The summed E-state index contributed by atoms with van der Waals surface area (Å²) in [6.07, 6.45) is 6.40. The largest absolute Gasteiger partial charge is 0.412 e. The van der Waals surface area contributed by atoms with E-state index in [4.69, 9.17) is 13.9 Å². The summed E-state index contributed by atoms with van der Waals surface area (Å²) in [6.45, 7) is 16.5. The number of hydrogen-bond acceptors (Lipinski definition) is 4. The fraction of sp³-hybridized carbons (Fsp3) is 0.957. The number of ether oxygens (including phenoxy) is 2. The summed E-state index contributed by atoms with van der Waals surface area (Å²) in [5.74, 6) is 0.225. The molecule has 166 valence electrons. The van der Waals surface area contributed by atoms with Gasteiger partial charge in [0.1, 0.15) is 12.2 Å².